The maximum atomic E-state index is 9.87. The molecule has 0 saturated carbocycles. The van der Waals surface area contributed by atoms with Gasteiger partial charge in [0.05, 0.1) is 29.0 Å². The van der Waals surface area contributed by atoms with Gasteiger partial charge in [-0.05, 0) is 30.7 Å². The van der Waals surface area contributed by atoms with Gasteiger partial charge in [0.15, 0.2) is 0 Å². The van der Waals surface area contributed by atoms with Crippen LogP contribution in [0.3, 0.4) is 0 Å². The van der Waals surface area contributed by atoms with Gasteiger partial charge in [0.2, 0.25) is 0 Å². The van der Waals surface area contributed by atoms with Crippen molar-refractivity contribution in [2.75, 3.05) is 0 Å². The lowest BCUT2D eigenvalue weighted by Crippen LogP contribution is -2.14. The molecule has 0 aliphatic carbocycles. The molecule has 0 aliphatic heterocycles. The van der Waals surface area contributed by atoms with Gasteiger partial charge < -0.3 is 0 Å². The number of benzene rings is 3. The fourth-order valence-electron chi connectivity index (χ4n) is 4.26. The van der Waals surface area contributed by atoms with Crippen LogP contribution in [0.25, 0.3) is 27.8 Å². The number of nitrogens with zero attached hydrogens (tertiary/aromatic N) is 5. The van der Waals surface area contributed by atoms with Crippen molar-refractivity contribution in [3.63, 3.8) is 0 Å². The van der Waals surface area contributed by atoms with E-state index in [-0.39, 0.29) is 0 Å². The van der Waals surface area contributed by atoms with E-state index in [0.717, 1.165) is 39.1 Å². The Balaban J connectivity index is 1.65. The number of pyridine rings is 1. The Morgan fingerprint density at radius 3 is 2.18 bits per heavy atom. The maximum Gasteiger partial charge on any atom is 0.140 e. The minimum absolute atomic E-state index is 0.392. The van der Waals surface area contributed by atoms with Crippen LogP contribution in [0.4, 0.5) is 0 Å². The quantitative estimate of drug-likeness (QED) is 0.321. The molecule has 5 heteroatoms. The first kappa shape index (κ1) is 21.1. The lowest BCUT2D eigenvalue weighted by atomic mass is 9.83. The van der Waals surface area contributed by atoms with Gasteiger partial charge in [0.1, 0.15) is 5.92 Å². The van der Waals surface area contributed by atoms with Gasteiger partial charge in [-0.1, -0.05) is 72.8 Å². The van der Waals surface area contributed by atoms with Crippen molar-refractivity contribution in [3.8, 4) is 29.1 Å². The van der Waals surface area contributed by atoms with Crippen LogP contribution in [-0.2, 0) is 6.42 Å². The molecule has 0 bridgehead atoms. The Labute approximate surface area is 198 Å². The average Bonchev–Trinajstić information content (AvgIpc) is 3.35. The third kappa shape index (κ3) is 4.16. The lowest BCUT2D eigenvalue weighted by Gasteiger charge is -2.18. The van der Waals surface area contributed by atoms with Gasteiger partial charge in [-0.3, -0.25) is 4.98 Å². The number of hydrogen-bond acceptors (Lipinski definition) is 4. The lowest BCUT2D eigenvalue weighted by molar-refractivity contribution is 0.602. The van der Waals surface area contributed by atoms with Crippen molar-refractivity contribution < 1.29 is 0 Å². The fraction of sp³-hybridized carbons (Fsp3) is 0.103. The van der Waals surface area contributed by atoms with E-state index in [1.54, 1.807) is 0 Å². The summed E-state index contributed by atoms with van der Waals surface area (Å²) in [6.07, 6.45) is 2.40. The summed E-state index contributed by atoms with van der Waals surface area (Å²) in [5.41, 5.74) is 5.22. The summed E-state index contributed by atoms with van der Waals surface area (Å²) >= 11 is 0. The Morgan fingerprint density at radius 2 is 1.44 bits per heavy atom. The van der Waals surface area contributed by atoms with E-state index in [1.165, 1.54) is 0 Å². The first-order valence-electron chi connectivity index (χ1n) is 11.1. The highest BCUT2D eigenvalue weighted by molar-refractivity contribution is 5.78. The molecule has 0 amide bonds. The molecule has 162 valence electrons. The van der Waals surface area contributed by atoms with Crippen LogP contribution >= 0.6 is 0 Å². The van der Waals surface area contributed by atoms with Crippen molar-refractivity contribution in [2.24, 2.45) is 5.92 Å². The van der Waals surface area contributed by atoms with Crippen molar-refractivity contribution in [3.05, 3.63) is 115 Å². The van der Waals surface area contributed by atoms with Crippen LogP contribution in [0.5, 0.6) is 0 Å². The fourth-order valence-corrected chi connectivity index (χ4v) is 4.26. The molecule has 0 radical (unpaired) electrons. The van der Waals surface area contributed by atoms with Crippen molar-refractivity contribution in [1.29, 1.82) is 10.5 Å². The van der Waals surface area contributed by atoms with Crippen molar-refractivity contribution in [2.45, 2.75) is 12.3 Å². The number of para-hydroxylation sites is 2. The molecule has 2 heterocycles. The smallest absolute Gasteiger partial charge is 0.140 e. The molecule has 1 atom stereocenters. The molecule has 34 heavy (non-hydrogen) atoms. The van der Waals surface area contributed by atoms with Gasteiger partial charge in [-0.2, -0.15) is 15.6 Å². The van der Waals surface area contributed by atoms with Crippen LogP contribution in [0.1, 0.15) is 17.2 Å². The van der Waals surface area contributed by atoms with Gasteiger partial charge in [0.25, 0.3) is 0 Å². The first-order chi connectivity index (χ1) is 16.8. The van der Waals surface area contributed by atoms with Crippen molar-refractivity contribution >= 4 is 10.9 Å². The Morgan fingerprint density at radius 1 is 0.765 bits per heavy atom. The zero-order valence-corrected chi connectivity index (χ0v) is 18.4. The van der Waals surface area contributed by atoms with Crippen LogP contribution in [0, 0.1) is 28.6 Å². The minimum atomic E-state index is -0.843. The molecule has 0 spiro atoms. The summed E-state index contributed by atoms with van der Waals surface area (Å²) in [4.78, 5) is 4.81. The summed E-state index contributed by atoms with van der Waals surface area (Å²) in [5.74, 6) is -1.24. The van der Waals surface area contributed by atoms with Crippen LogP contribution in [0.2, 0.25) is 0 Å². The molecule has 0 aliphatic rings. The molecule has 5 nitrogen and oxygen atoms in total. The van der Waals surface area contributed by atoms with E-state index >= 15 is 0 Å². The molecule has 0 fully saturated rings. The van der Waals surface area contributed by atoms with Crippen LogP contribution in [-0.4, -0.2) is 14.8 Å². The van der Waals surface area contributed by atoms with E-state index in [1.807, 2.05) is 108 Å². The molecule has 0 saturated heterocycles. The summed E-state index contributed by atoms with van der Waals surface area (Å²) in [6, 6.07) is 36.1. The van der Waals surface area contributed by atoms with Crippen LogP contribution in [0.15, 0.2) is 103 Å². The molecule has 2 aromatic heterocycles. The zero-order valence-electron chi connectivity index (χ0n) is 18.4. The summed E-state index contributed by atoms with van der Waals surface area (Å²) in [7, 11) is 0. The Bertz CT molecular complexity index is 1490. The normalized spacial score (nSPS) is 11.7. The molecule has 5 rings (SSSR count). The standard InChI is InChI=1S/C29H21N5/c30-18-23(19-31)26(17-24-16-15-21-9-7-8-14-28(21)32-24)27-20-34(25-12-5-2-6-13-25)33-29(27)22-10-3-1-4-11-22/h1-16,20,23,26H,17H2. The topological polar surface area (TPSA) is 78.3 Å². The average molecular weight is 440 g/mol. The number of hydrogen-bond donors (Lipinski definition) is 0. The van der Waals surface area contributed by atoms with Gasteiger partial charge in [0, 0.05) is 34.3 Å². The van der Waals surface area contributed by atoms with E-state index in [4.69, 9.17) is 10.1 Å². The Kier molecular flexibility index (Phi) is 5.84. The molecule has 0 N–H and O–H groups in total. The highest BCUT2D eigenvalue weighted by Crippen LogP contribution is 2.36. The minimum Gasteiger partial charge on any atom is -0.253 e. The third-order valence-electron chi connectivity index (χ3n) is 5.98. The van der Waals surface area contributed by atoms with Crippen molar-refractivity contribution in [1.82, 2.24) is 14.8 Å². The monoisotopic (exact) mass is 439 g/mol. The van der Waals surface area contributed by atoms with E-state index in [9.17, 15) is 10.5 Å². The maximum absolute atomic E-state index is 9.87. The second-order valence-electron chi connectivity index (χ2n) is 8.12. The Hall–Kier alpha value is -4.74. The van der Waals surface area contributed by atoms with Crippen LogP contribution < -0.4 is 0 Å². The SMILES string of the molecule is N#CC(C#N)C(Cc1ccc2ccccc2n1)c1cn(-c2ccccc2)nc1-c1ccccc1. The largest absolute Gasteiger partial charge is 0.253 e. The van der Waals surface area contributed by atoms with E-state index in [0.29, 0.717) is 6.42 Å². The summed E-state index contributed by atoms with van der Waals surface area (Å²) in [5, 5.41) is 25.7. The predicted molar refractivity (Wildman–Crippen MR) is 132 cm³/mol. The van der Waals surface area contributed by atoms with Gasteiger partial charge in [-0.25, -0.2) is 4.68 Å². The third-order valence-corrected chi connectivity index (χ3v) is 5.98. The molecular formula is C29H21N5. The molecule has 5 aromatic rings. The number of rotatable bonds is 6. The first-order valence-corrected chi connectivity index (χ1v) is 11.1. The van der Waals surface area contributed by atoms with E-state index in [2.05, 4.69) is 12.1 Å². The number of aromatic nitrogens is 3. The summed E-state index contributed by atoms with van der Waals surface area (Å²) < 4.78 is 1.82. The second kappa shape index (κ2) is 9.40. The summed E-state index contributed by atoms with van der Waals surface area (Å²) in [6.45, 7) is 0. The number of nitriles is 2. The molecule has 1 unspecified atom stereocenters. The van der Waals surface area contributed by atoms with Gasteiger partial charge >= 0.3 is 0 Å². The van der Waals surface area contributed by atoms with Gasteiger partial charge in [-0.15, -0.1) is 0 Å². The molecule has 3 aromatic carbocycles. The molecular weight excluding hydrogens is 418 g/mol. The zero-order chi connectivity index (χ0) is 23.3. The second-order valence-corrected chi connectivity index (χ2v) is 8.12. The highest BCUT2D eigenvalue weighted by atomic mass is 15.3. The predicted octanol–water partition coefficient (Wildman–Crippen LogP) is 6.08. The highest BCUT2D eigenvalue weighted by Gasteiger charge is 2.29. The van der Waals surface area contributed by atoms with E-state index < -0.39 is 11.8 Å². The number of fused-ring (bicyclic) bond motifs is 1.